The molecule has 6 nitrogen and oxygen atoms in total. The maximum absolute atomic E-state index is 12.4. The Balaban J connectivity index is 1.63. The third-order valence-corrected chi connectivity index (χ3v) is 5.61. The Morgan fingerprint density at radius 3 is 2.33 bits per heavy atom. The van der Waals surface area contributed by atoms with Gasteiger partial charge in [0.05, 0.1) is 16.8 Å². The van der Waals surface area contributed by atoms with Crippen molar-refractivity contribution >= 4 is 21.5 Å². The van der Waals surface area contributed by atoms with Gasteiger partial charge in [0.25, 0.3) is 10.0 Å². The molecule has 2 heterocycles. The minimum absolute atomic E-state index is 0.216. The first-order valence-electron chi connectivity index (χ1n) is 8.60. The van der Waals surface area contributed by atoms with Crippen LogP contribution in [0.15, 0.2) is 72.0 Å². The van der Waals surface area contributed by atoms with E-state index in [1.807, 2.05) is 32.2 Å². The highest BCUT2D eigenvalue weighted by molar-refractivity contribution is 7.92. The highest BCUT2D eigenvalue weighted by atomic mass is 32.2. The molecule has 2 aromatic heterocycles. The van der Waals surface area contributed by atoms with Crippen molar-refractivity contribution < 1.29 is 8.42 Å². The normalized spacial score (nSPS) is 11.2. The van der Waals surface area contributed by atoms with E-state index in [1.54, 1.807) is 48.9 Å². The van der Waals surface area contributed by atoms with Crippen LogP contribution in [-0.2, 0) is 16.4 Å². The number of nitrogens with zero attached hydrogens (tertiary/aromatic N) is 3. The van der Waals surface area contributed by atoms with Crippen LogP contribution in [-0.4, -0.2) is 32.0 Å². The van der Waals surface area contributed by atoms with E-state index in [2.05, 4.69) is 19.6 Å². The van der Waals surface area contributed by atoms with Gasteiger partial charge in [0.15, 0.2) is 0 Å². The van der Waals surface area contributed by atoms with Crippen LogP contribution < -0.4 is 9.62 Å². The molecule has 27 heavy (non-hydrogen) atoms. The summed E-state index contributed by atoms with van der Waals surface area (Å²) in [5.41, 5.74) is 3.14. The molecule has 0 saturated carbocycles. The van der Waals surface area contributed by atoms with Crippen molar-refractivity contribution in [3.8, 4) is 0 Å². The lowest BCUT2D eigenvalue weighted by atomic mass is 10.2. The Hall–Kier alpha value is -2.93. The molecule has 0 aliphatic heterocycles. The maximum atomic E-state index is 12.4. The van der Waals surface area contributed by atoms with Crippen molar-refractivity contribution in [1.82, 2.24) is 9.97 Å². The number of aromatic nitrogens is 2. The molecule has 0 fully saturated rings. The molecule has 0 saturated heterocycles. The molecule has 0 unspecified atom stereocenters. The van der Waals surface area contributed by atoms with Gasteiger partial charge in [-0.25, -0.2) is 13.4 Å². The van der Waals surface area contributed by atoms with Gasteiger partial charge in [-0.05, 0) is 55.3 Å². The zero-order valence-electron chi connectivity index (χ0n) is 15.3. The number of aryl methyl sites for hydroxylation is 1. The van der Waals surface area contributed by atoms with Gasteiger partial charge in [0, 0.05) is 26.0 Å². The molecule has 0 aliphatic carbocycles. The van der Waals surface area contributed by atoms with Crippen LogP contribution in [0.4, 0.5) is 11.5 Å². The van der Waals surface area contributed by atoms with Gasteiger partial charge in [0.2, 0.25) is 0 Å². The quantitative estimate of drug-likeness (QED) is 0.679. The predicted molar refractivity (Wildman–Crippen MR) is 107 cm³/mol. The van der Waals surface area contributed by atoms with Crippen LogP contribution in [0.2, 0.25) is 0 Å². The topological polar surface area (TPSA) is 75.2 Å². The van der Waals surface area contributed by atoms with Crippen LogP contribution in [0.5, 0.6) is 0 Å². The van der Waals surface area contributed by atoms with Gasteiger partial charge in [-0.3, -0.25) is 9.71 Å². The number of hydrogen-bond acceptors (Lipinski definition) is 5. The predicted octanol–water partition coefficient (Wildman–Crippen LogP) is 3.26. The summed E-state index contributed by atoms with van der Waals surface area (Å²) in [6.45, 7) is 2.73. The fourth-order valence-corrected chi connectivity index (χ4v) is 3.57. The Labute approximate surface area is 160 Å². The van der Waals surface area contributed by atoms with Gasteiger partial charge < -0.3 is 4.90 Å². The van der Waals surface area contributed by atoms with Crippen molar-refractivity contribution in [2.45, 2.75) is 18.2 Å². The number of pyridine rings is 2. The summed E-state index contributed by atoms with van der Waals surface area (Å²) in [6.07, 6.45) is 6.12. The second kappa shape index (κ2) is 8.18. The van der Waals surface area contributed by atoms with E-state index < -0.39 is 10.0 Å². The van der Waals surface area contributed by atoms with Crippen LogP contribution >= 0.6 is 0 Å². The average Bonchev–Trinajstić information content (AvgIpc) is 2.67. The molecule has 0 radical (unpaired) electrons. The smallest absolute Gasteiger partial charge is 0.263 e. The average molecular weight is 382 g/mol. The summed E-state index contributed by atoms with van der Waals surface area (Å²) in [5.74, 6) is 0.293. The summed E-state index contributed by atoms with van der Waals surface area (Å²) < 4.78 is 27.4. The third-order valence-electron chi connectivity index (χ3n) is 4.24. The van der Waals surface area contributed by atoms with Crippen LogP contribution in [0.25, 0.3) is 0 Å². The highest BCUT2D eigenvalue weighted by Gasteiger charge is 2.14. The summed E-state index contributed by atoms with van der Waals surface area (Å²) in [4.78, 5) is 10.5. The standard InChI is InChI=1S/C20H22N4O2S/c1-16-3-6-19(7-4-16)27(25,26)23-20-8-5-18(15-22-20)24(2)14-11-17-9-12-21-13-10-17/h3-10,12-13,15H,11,14H2,1-2H3,(H,22,23). The molecule has 0 aliphatic rings. The van der Waals surface area contributed by atoms with Gasteiger partial charge in [0.1, 0.15) is 5.82 Å². The number of rotatable bonds is 7. The molecule has 0 atom stereocenters. The number of anilines is 2. The van der Waals surface area contributed by atoms with E-state index in [0.29, 0.717) is 5.82 Å². The number of likely N-dealkylation sites (N-methyl/N-ethyl adjacent to an activating group) is 1. The minimum atomic E-state index is -3.64. The molecule has 0 amide bonds. The summed E-state index contributed by atoms with van der Waals surface area (Å²) in [7, 11) is -1.66. The van der Waals surface area contributed by atoms with E-state index in [-0.39, 0.29) is 4.90 Å². The number of benzene rings is 1. The lowest BCUT2D eigenvalue weighted by Crippen LogP contribution is -2.20. The van der Waals surface area contributed by atoms with Crippen LogP contribution in [0.1, 0.15) is 11.1 Å². The van der Waals surface area contributed by atoms with Gasteiger partial charge in [-0.1, -0.05) is 17.7 Å². The molecule has 0 spiro atoms. The first kappa shape index (κ1) is 18.8. The van der Waals surface area contributed by atoms with Crippen molar-refractivity contribution in [1.29, 1.82) is 0 Å². The highest BCUT2D eigenvalue weighted by Crippen LogP contribution is 2.18. The molecular formula is C20H22N4O2S. The molecule has 1 aromatic carbocycles. The maximum Gasteiger partial charge on any atom is 0.263 e. The lowest BCUT2D eigenvalue weighted by molar-refractivity contribution is 0.601. The van der Waals surface area contributed by atoms with Crippen molar-refractivity contribution in [2.24, 2.45) is 0 Å². The van der Waals surface area contributed by atoms with E-state index in [4.69, 9.17) is 0 Å². The fourth-order valence-electron chi connectivity index (χ4n) is 2.56. The van der Waals surface area contributed by atoms with Crippen LogP contribution in [0, 0.1) is 6.92 Å². The minimum Gasteiger partial charge on any atom is -0.373 e. The molecule has 7 heteroatoms. The van der Waals surface area contributed by atoms with Gasteiger partial charge >= 0.3 is 0 Å². The van der Waals surface area contributed by atoms with Gasteiger partial charge in [-0.15, -0.1) is 0 Å². The van der Waals surface area contributed by atoms with E-state index in [0.717, 1.165) is 24.2 Å². The summed E-state index contributed by atoms with van der Waals surface area (Å²) in [6, 6.07) is 14.2. The summed E-state index contributed by atoms with van der Waals surface area (Å²) in [5, 5.41) is 0. The Kier molecular flexibility index (Phi) is 5.71. The molecule has 140 valence electrons. The fraction of sp³-hybridized carbons (Fsp3) is 0.200. The van der Waals surface area contributed by atoms with Crippen LogP contribution in [0.3, 0.4) is 0 Å². The monoisotopic (exact) mass is 382 g/mol. The Morgan fingerprint density at radius 1 is 1.00 bits per heavy atom. The number of nitrogens with one attached hydrogen (secondary N) is 1. The van der Waals surface area contributed by atoms with E-state index >= 15 is 0 Å². The van der Waals surface area contributed by atoms with Crippen molar-refractivity contribution in [2.75, 3.05) is 23.2 Å². The molecule has 3 aromatic rings. The second-order valence-corrected chi connectivity index (χ2v) is 8.03. The van der Waals surface area contributed by atoms with Crippen molar-refractivity contribution in [3.63, 3.8) is 0 Å². The van der Waals surface area contributed by atoms with Gasteiger partial charge in [-0.2, -0.15) is 0 Å². The first-order chi connectivity index (χ1) is 12.9. The number of hydrogen-bond donors (Lipinski definition) is 1. The first-order valence-corrected chi connectivity index (χ1v) is 10.1. The Morgan fingerprint density at radius 2 is 1.70 bits per heavy atom. The third kappa shape index (κ3) is 5.04. The molecule has 1 N–H and O–H groups in total. The van der Waals surface area contributed by atoms with Crippen molar-refractivity contribution in [3.05, 3.63) is 78.2 Å². The SMILES string of the molecule is Cc1ccc(S(=O)(=O)Nc2ccc(N(C)CCc3ccncc3)cn2)cc1. The molecule has 0 bridgehead atoms. The van der Waals surface area contributed by atoms with E-state index in [9.17, 15) is 8.42 Å². The summed E-state index contributed by atoms with van der Waals surface area (Å²) >= 11 is 0. The zero-order chi connectivity index (χ0) is 19.3. The Bertz CT molecular complexity index is 973. The van der Waals surface area contributed by atoms with E-state index in [1.165, 1.54) is 5.56 Å². The largest absolute Gasteiger partial charge is 0.373 e. The number of sulfonamides is 1. The zero-order valence-corrected chi connectivity index (χ0v) is 16.1. The lowest BCUT2D eigenvalue weighted by Gasteiger charge is -2.19. The second-order valence-electron chi connectivity index (χ2n) is 6.35. The molecular weight excluding hydrogens is 360 g/mol. The molecule has 3 rings (SSSR count).